The van der Waals surface area contributed by atoms with E-state index in [1.54, 1.807) is 6.07 Å². The molecule has 0 fully saturated rings. The maximum absolute atomic E-state index is 9.33. The van der Waals surface area contributed by atoms with Crippen LogP contribution in [0.4, 0.5) is 0 Å². The van der Waals surface area contributed by atoms with Crippen LogP contribution in [0, 0.1) is 0 Å². The molecule has 0 bridgehead atoms. The fourth-order valence-corrected chi connectivity index (χ4v) is 2.24. The van der Waals surface area contributed by atoms with E-state index in [-0.39, 0.29) is 17.2 Å². The Morgan fingerprint density at radius 2 is 1.64 bits per heavy atom. The van der Waals surface area contributed by atoms with Crippen molar-refractivity contribution in [1.29, 1.82) is 0 Å². The highest BCUT2D eigenvalue weighted by atomic mass is 16.5. The molecular formula is C19H24N2O7. The van der Waals surface area contributed by atoms with E-state index in [2.05, 4.69) is 11.7 Å². The lowest BCUT2D eigenvalue weighted by molar-refractivity contribution is -0.0123. The SMILES string of the molecule is C=N/C(=C\N(C)O)c1cc(O)c(O)c(O)c1.CCc1ccc(O)c(O)c1OC. The molecule has 0 saturated heterocycles. The van der Waals surface area contributed by atoms with Crippen molar-refractivity contribution in [3.63, 3.8) is 0 Å². The monoisotopic (exact) mass is 392 g/mol. The van der Waals surface area contributed by atoms with E-state index < -0.39 is 17.2 Å². The molecule has 0 aliphatic heterocycles. The Balaban J connectivity index is 0.000000292. The minimum atomic E-state index is -0.607. The Kier molecular flexibility index (Phi) is 7.96. The van der Waals surface area contributed by atoms with E-state index in [0.717, 1.165) is 17.0 Å². The van der Waals surface area contributed by atoms with Crippen LogP contribution in [0.25, 0.3) is 5.70 Å². The molecule has 0 unspecified atom stereocenters. The number of aromatic hydroxyl groups is 5. The van der Waals surface area contributed by atoms with Gasteiger partial charge in [-0.05, 0) is 36.9 Å². The molecule has 0 atom stereocenters. The number of phenolic OH excluding ortho intramolecular Hbond substituents is 5. The Morgan fingerprint density at radius 3 is 2.07 bits per heavy atom. The number of rotatable bonds is 5. The van der Waals surface area contributed by atoms with Crippen LogP contribution < -0.4 is 4.74 Å². The second-order valence-corrected chi connectivity index (χ2v) is 5.59. The second-order valence-electron chi connectivity index (χ2n) is 5.59. The van der Waals surface area contributed by atoms with Crippen LogP contribution in [-0.4, -0.2) is 56.7 Å². The van der Waals surface area contributed by atoms with Crippen LogP contribution >= 0.6 is 0 Å². The van der Waals surface area contributed by atoms with E-state index in [1.165, 1.54) is 38.6 Å². The number of benzene rings is 2. The summed E-state index contributed by atoms with van der Waals surface area (Å²) >= 11 is 0. The maximum atomic E-state index is 9.33. The van der Waals surface area contributed by atoms with E-state index in [0.29, 0.717) is 11.3 Å². The number of aliphatic imine (C=N–C) groups is 1. The molecule has 0 aliphatic rings. The Morgan fingerprint density at radius 1 is 1.07 bits per heavy atom. The first-order chi connectivity index (χ1) is 13.2. The molecule has 9 nitrogen and oxygen atoms in total. The van der Waals surface area contributed by atoms with Crippen LogP contribution in [0.2, 0.25) is 0 Å². The summed E-state index contributed by atoms with van der Waals surface area (Å²) in [4.78, 5) is 3.62. The molecule has 0 heterocycles. The zero-order valence-corrected chi connectivity index (χ0v) is 15.8. The van der Waals surface area contributed by atoms with Gasteiger partial charge in [-0.25, -0.2) is 0 Å². The van der Waals surface area contributed by atoms with Crippen LogP contribution in [0.5, 0.6) is 34.5 Å². The number of hydroxylamine groups is 2. The number of hydrogen-bond donors (Lipinski definition) is 6. The molecule has 0 aliphatic carbocycles. The van der Waals surface area contributed by atoms with Crippen molar-refractivity contribution in [3.05, 3.63) is 41.6 Å². The standard InChI is InChI=1S/C10H12N2O4.C9H12O3/c1-11-7(5-12(2)16)6-3-8(13)10(15)9(14)4-6;1-3-6-4-5-7(10)8(11)9(6)12-2/h3-5,13-16H,1H2,2H3;4-5,10-11H,3H2,1-2H3/b7-5-;. The topological polar surface area (TPSA) is 146 Å². The Bertz CT molecular complexity index is 841. The molecule has 0 aromatic heterocycles. The molecular weight excluding hydrogens is 368 g/mol. The molecule has 0 saturated carbocycles. The van der Waals surface area contributed by atoms with E-state index >= 15 is 0 Å². The molecule has 0 amide bonds. The summed E-state index contributed by atoms with van der Waals surface area (Å²) in [5.74, 6) is -1.54. The summed E-state index contributed by atoms with van der Waals surface area (Å²) < 4.78 is 4.94. The Labute approximate surface area is 162 Å². The second kappa shape index (κ2) is 9.93. The number of methoxy groups -OCH3 is 1. The van der Waals surface area contributed by atoms with Crippen molar-refractivity contribution in [1.82, 2.24) is 5.06 Å². The number of phenols is 5. The smallest absolute Gasteiger partial charge is 0.200 e. The average Bonchev–Trinajstić information content (AvgIpc) is 2.66. The third kappa shape index (κ3) is 5.45. The molecule has 28 heavy (non-hydrogen) atoms. The van der Waals surface area contributed by atoms with Crippen LogP contribution in [0.15, 0.2) is 35.5 Å². The summed E-state index contributed by atoms with van der Waals surface area (Å²) in [6, 6.07) is 5.57. The van der Waals surface area contributed by atoms with Gasteiger partial charge in [-0.2, -0.15) is 0 Å². The predicted molar refractivity (Wildman–Crippen MR) is 104 cm³/mol. The van der Waals surface area contributed by atoms with Gasteiger partial charge in [0.2, 0.25) is 5.75 Å². The van der Waals surface area contributed by atoms with Gasteiger partial charge < -0.3 is 30.3 Å². The van der Waals surface area contributed by atoms with Gasteiger partial charge in [0.15, 0.2) is 28.7 Å². The van der Waals surface area contributed by atoms with Gasteiger partial charge in [0.1, 0.15) is 0 Å². The summed E-state index contributed by atoms with van der Waals surface area (Å²) in [7, 11) is 2.83. The van der Waals surface area contributed by atoms with E-state index in [1.807, 2.05) is 6.92 Å². The maximum Gasteiger partial charge on any atom is 0.200 e. The van der Waals surface area contributed by atoms with Crippen molar-refractivity contribution in [2.24, 2.45) is 4.99 Å². The zero-order chi connectivity index (χ0) is 21.4. The number of ether oxygens (including phenoxy) is 1. The molecule has 152 valence electrons. The molecule has 0 radical (unpaired) electrons. The summed E-state index contributed by atoms with van der Waals surface area (Å²) in [6.07, 6.45) is 2.00. The number of hydrogen-bond acceptors (Lipinski definition) is 9. The van der Waals surface area contributed by atoms with Crippen molar-refractivity contribution in [2.75, 3.05) is 14.2 Å². The molecule has 2 rings (SSSR count). The lowest BCUT2D eigenvalue weighted by atomic mass is 10.1. The minimum absolute atomic E-state index is 0.149. The molecule has 2 aromatic carbocycles. The highest BCUT2D eigenvalue weighted by molar-refractivity contribution is 5.71. The van der Waals surface area contributed by atoms with Crippen molar-refractivity contribution in [2.45, 2.75) is 13.3 Å². The van der Waals surface area contributed by atoms with Gasteiger partial charge in [0, 0.05) is 12.6 Å². The quantitative estimate of drug-likeness (QED) is 0.259. The molecule has 9 heteroatoms. The van der Waals surface area contributed by atoms with Crippen molar-refractivity contribution >= 4 is 12.4 Å². The lowest BCUT2D eigenvalue weighted by Gasteiger charge is -2.09. The third-order valence-corrected chi connectivity index (χ3v) is 3.62. The van der Waals surface area contributed by atoms with Crippen molar-refractivity contribution < 1.29 is 35.5 Å². The lowest BCUT2D eigenvalue weighted by Crippen LogP contribution is -2.03. The first kappa shape index (κ1) is 22.5. The fourth-order valence-electron chi connectivity index (χ4n) is 2.24. The van der Waals surface area contributed by atoms with Crippen LogP contribution in [-0.2, 0) is 6.42 Å². The van der Waals surface area contributed by atoms with Gasteiger partial charge in [-0.3, -0.25) is 15.3 Å². The number of nitrogens with zero attached hydrogens (tertiary/aromatic N) is 2. The highest BCUT2D eigenvalue weighted by Gasteiger charge is 2.11. The van der Waals surface area contributed by atoms with E-state index in [9.17, 15) is 15.3 Å². The highest BCUT2D eigenvalue weighted by Crippen LogP contribution is 2.38. The zero-order valence-electron chi connectivity index (χ0n) is 15.8. The van der Waals surface area contributed by atoms with Gasteiger partial charge in [0.05, 0.1) is 19.0 Å². The van der Waals surface area contributed by atoms with E-state index in [4.69, 9.17) is 20.2 Å². The largest absolute Gasteiger partial charge is 0.504 e. The van der Waals surface area contributed by atoms with Crippen LogP contribution in [0.3, 0.4) is 0 Å². The van der Waals surface area contributed by atoms with Gasteiger partial charge in [-0.1, -0.05) is 13.0 Å². The third-order valence-electron chi connectivity index (χ3n) is 3.62. The molecule has 2 aromatic rings. The fraction of sp³-hybridized carbons (Fsp3) is 0.211. The average molecular weight is 392 g/mol. The number of aryl methyl sites for hydroxylation is 1. The summed E-state index contributed by atoms with van der Waals surface area (Å²) in [5, 5.41) is 55.9. The van der Waals surface area contributed by atoms with Gasteiger partial charge in [0.25, 0.3) is 0 Å². The minimum Gasteiger partial charge on any atom is -0.504 e. The normalized spacial score (nSPS) is 10.6. The Hall–Kier alpha value is -3.59. The predicted octanol–water partition coefficient (Wildman–Crippen LogP) is 2.79. The van der Waals surface area contributed by atoms with Gasteiger partial charge >= 0.3 is 0 Å². The summed E-state index contributed by atoms with van der Waals surface area (Å²) in [5.41, 5.74) is 1.42. The first-order valence-corrected chi connectivity index (χ1v) is 8.09. The van der Waals surface area contributed by atoms with Crippen LogP contribution in [0.1, 0.15) is 18.1 Å². The van der Waals surface area contributed by atoms with Gasteiger partial charge in [-0.15, -0.1) is 0 Å². The molecule has 6 N–H and O–H groups in total. The summed E-state index contributed by atoms with van der Waals surface area (Å²) in [6.45, 7) is 5.24. The molecule has 0 spiro atoms. The van der Waals surface area contributed by atoms with Crippen molar-refractivity contribution in [3.8, 4) is 34.5 Å². The first-order valence-electron chi connectivity index (χ1n) is 8.09.